The predicted octanol–water partition coefficient (Wildman–Crippen LogP) is 2.59. The van der Waals surface area contributed by atoms with Crippen LogP contribution in [0.5, 0.6) is 5.75 Å². The van der Waals surface area contributed by atoms with Gasteiger partial charge in [-0.2, -0.15) is 0 Å². The number of carboxylic acid groups (broad SMARTS) is 1. The Balaban J connectivity index is 2.01. The maximum absolute atomic E-state index is 12.3. The maximum atomic E-state index is 12.3. The van der Waals surface area contributed by atoms with E-state index in [2.05, 4.69) is 4.74 Å². The summed E-state index contributed by atoms with van der Waals surface area (Å²) in [5, 5.41) is 9.05. The molecule has 0 aromatic heterocycles. The molecule has 1 atom stereocenters. The Bertz CT molecular complexity index is 588. The lowest BCUT2D eigenvalue weighted by Gasteiger charge is -2.21. The number of para-hydroxylation sites is 1. The van der Waals surface area contributed by atoms with Crippen molar-refractivity contribution in [3.8, 4) is 5.75 Å². The van der Waals surface area contributed by atoms with Crippen LogP contribution in [-0.2, 0) is 16.0 Å². The van der Waals surface area contributed by atoms with Gasteiger partial charge in [-0.15, -0.1) is 13.2 Å². The molecule has 1 amide bonds. The zero-order valence-corrected chi connectivity index (χ0v) is 12.2. The lowest BCUT2D eigenvalue weighted by molar-refractivity contribution is -0.274. The van der Waals surface area contributed by atoms with Crippen LogP contribution in [0.2, 0.25) is 0 Å². The molecule has 0 unspecified atom stereocenters. The van der Waals surface area contributed by atoms with Crippen LogP contribution < -0.4 is 4.74 Å². The SMILES string of the molecule is O=C(O)[C@H]1CCCN1C(=O)CCc1ccccc1OC(F)(F)F. The van der Waals surface area contributed by atoms with Crippen LogP contribution in [0.1, 0.15) is 24.8 Å². The Hall–Kier alpha value is -2.25. The second kappa shape index (κ2) is 6.89. The van der Waals surface area contributed by atoms with Crippen LogP contribution in [0.3, 0.4) is 0 Å². The summed E-state index contributed by atoms with van der Waals surface area (Å²) in [4.78, 5) is 24.5. The average molecular weight is 331 g/mol. The summed E-state index contributed by atoms with van der Waals surface area (Å²) in [6, 6.07) is 4.76. The minimum atomic E-state index is -4.80. The van der Waals surface area contributed by atoms with Gasteiger partial charge in [-0.05, 0) is 30.9 Å². The lowest BCUT2D eigenvalue weighted by Crippen LogP contribution is -2.40. The molecule has 1 N–H and O–H groups in total. The van der Waals surface area contributed by atoms with Crippen molar-refractivity contribution >= 4 is 11.9 Å². The highest BCUT2D eigenvalue weighted by atomic mass is 19.4. The molecule has 1 aliphatic rings. The smallest absolute Gasteiger partial charge is 0.480 e. The number of alkyl halides is 3. The van der Waals surface area contributed by atoms with E-state index in [1.54, 1.807) is 6.07 Å². The molecular weight excluding hydrogens is 315 g/mol. The van der Waals surface area contributed by atoms with E-state index in [0.29, 0.717) is 19.4 Å². The molecule has 0 bridgehead atoms. The van der Waals surface area contributed by atoms with E-state index >= 15 is 0 Å². The second-order valence-electron chi connectivity index (χ2n) is 5.24. The number of likely N-dealkylation sites (tertiary alicyclic amines) is 1. The highest BCUT2D eigenvalue weighted by Gasteiger charge is 2.34. The van der Waals surface area contributed by atoms with Crippen molar-refractivity contribution in [3.63, 3.8) is 0 Å². The summed E-state index contributed by atoms with van der Waals surface area (Å²) in [6.07, 6.45) is -3.81. The van der Waals surface area contributed by atoms with Gasteiger partial charge < -0.3 is 14.7 Å². The van der Waals surface area contributed by atoms with Gasteiger partial charge in [0.05, 0.1) is 0 Å². The molecule has 0 saturated carbocycles. The number of carbonyl (C=O) groups excluding carboxylic acids is 1. The first-order chi connectivity index (χ1) is 10.8. The van der Waals surface area contributed by atoms with Crippen LogP contribution in [0, 0.1) is 0 Å². The number of hydrogen-bond donors (Lipinski definition) is 1. The van der Waals surface area contributed by atoms with Crippen LogP contribution in [0.15, 0.2) is 24.3 Å². The van der Waals surface area contributed by atoms with E-state index < -0.39 is 18.4 Å². The molecule has 5 nitrogen and oxygen atoms in total. The standard InChI is InChI=1S/C15H16F3NO4/c16-15(17,18)23-12-6-2-1-4-10(12)7-8-13(20)19-9-3-5-11(19)14(21)22/h1-2,4,6,11H,3,5,7-9H2,(H,21,22)/t11-/m1/s1. The number of nitrogens with zero attached hydrogens (tertiary/aromatic N) is 1. The van der Waals surface area contributed by atoms with Gasteiger partial charge in [0, 0.05) is 13.0 Å². The number of hydrogen-bond acceptors (Lipinski definition) is 3. The van der Waals surface area contributed by atoms with Crippen LogP contribution in [-0.4, -0.2) is 40.8 Å². The molecular formula is C15H16F3NO4. The molecule has 1 aromatic rings. The Labute approximate surface area is 130 Å². The van der Waals surface area contributed by atoms with E-state index in [-0.39, 0.29) is 30.1 Å². The molecule has 1 aromatic carbocycles. The van der Waals surface area contributed by atoms with Crippen molar-refractivity contribution in [2.45, 2.75) is 38.1 Å². The largest absolute Gasteiger partial charge is 0.573 e. The first-order valence-electron chi connectivity index (χ1n) is 7.14. The minimum Gasteiger partial charge on any atom is -0.480 e. The molecule has 1 fully saturated rings. The van der Waals surface area contributed by atoms with Gasteiger partial charge in [0.25, 0.3) is 0 Å². The van der Waals surface area contributed by atoms with Crippen molar-refractivity contribution < 1.29 is 32.6 Å². The van der Waals surface area contributed by atoms with E-state index in [9.17, 15) is 22.8 Å². The highest BCUT2D eigenvalue weighted by Crippen LogP contribution is 2.27. The van der Waals surface area contributed by atoms with Gasteiger partial charge >= 0.3 is 12.3 Å². The third-order valence-electron chi connectivity index (χ3n) is 3.66. The number of carbonyl (C=O) groups is 2. The van der Waals surface area contributed by atoms with Gasteiger partial charge in [0.1, 0.15) is 11.8 Å². The fraction of sp³-hybridized carbons (Fsp3) is 0.467. The molecule has 126 valence electrons. The minimum absolute atomic E-state index is 0.0495. The molecule has 0 radical (unpaired) electrons. The molecule has 0 aliphatic carbocycles. The van der Waals surface area contributed by atoms with Gasteiger partial charge in [-0.1, -0.05) is 18.2 Å². The Kier molecular flexibility index (Phi) is 5.12. The zero-order valence-electron chi connectivity index (χ0n) is 12.2. The van der Waals surface area contributed by atoms with Crippen molar-refractivity contribution in [1.29, 1.82) is 0 Å². The van der Waals surface area contributed by atoms with Crippen LogP contribution in [0.4, 0.5) is 13.2 Å². The number of carboxylic acids is 1. The molecule has 1 saturated heterocycles. The summed E-state index contributed by atoms with van der Waals surface area (Å²) < 4.78 is 41.0. The van der Waals surface area contributed by atoms with Crippen molar-refractivity contribution in [2.75, 3.05) is 6.54 Å². The molecule has 1 aliphatic heterocycles. The fourth-order valence-electron chi connectivity index (χ4n) is 2.64. The average Bonchev–Trinajstić information content (AvgIpc) is 2.94. The van der Waals surface area contributed by atoms with Gasteiger partial charge in [-0.3, -0.25) is 4.79 Å². The van der Waals surface area contributed by atoms with E-state index in [1.807, 2.05) is 0 Å². The Morgan fingerprint density at radius 1 is 1.30 bits per heavy atom. The van der Waals surface area contributed by atoms with Gasteiger partial charge in [0.2, 0.25) is 5.91 Å². The zero-order chi connectivity index (χ0) is 17.0. The molecule has 2 rings (SSSR count). The fourth-order valence-corrected chi connectivity index (χ4v) is 2.64. The summed E-state index contributed by atoms with van der Waals surface area (Å²) in [7, 11) is 0. The monoisotopic (exact) mass is 331 g/mol. The Morgan fingerprint density at radius 2 is 2.00 bits per heavy atom. The summed E-state index contributed by atoms with van der Waals surface area (Å²) >= 11 is 0. The Morgan fingerprint density at radius 3 is 2.65 bits per heavy atom. The maximum Gasteiger partial charge on any atom is 0.573 e. The lowest BCUT2D eigenvalue weighted by atomic mass is 10.1. The number of aliphatic carboxylic acids is 1. The third-order valence-corrected chi connectivity index (χ3v) is 3.66. The van der Waals surface area contributed by atoms with E-state index in [4.69, 9.17) is 5.11 Å². The van der Waals surface area contributed by atoms with Crippen LogP contribution >= 0.6 is 0 Å². The predicted molar refractivity (Wildman–Crippen MR) is 73.8 cm³/mol. The van der Waals surface area contributed by atoms with E-state index in [0.717, 1.165) is 0 Å². The molecule has 23 heavy (non-hydrogen) atoms. The topological polar surface area (TPSA) is 66.8 Å². The summed E-state index contributed by atoms with van der Waals surface area (Å²) in [5.41, 5.74) is 0.254. The number of ether oxygens (including phenoxy) is 1. The normalized spacial score (nSPS) is 18.0. The van der Waals surface area contributed by atoms with Crippen LogP contribution in [0.25, 0.3) is 0 Å². The first-order valence-corrected chi connectivity index (χ1v) is 7.14. The number of amides is 1. The molecule has 0 spiro atoms. The number of rotatable bonds is 5. The summed E-state index contributed by atoms with van der Waals surface area (Å²) in [5.74, 6) is -1.78. The van der Waals surface area contributed by atoms with Crippen molar-refractivity contribution in [1.82, 2.24) is 4.90 Å². The van der Waals surface area contributed by atoms with Crippen molar-refractivity contribution in [2.24, 2.45) is 0 Å². The number of benzene rings is 1. The molecule has 8 heteroatoms. The molecule has 1 heterocycles. The first kappa shape index (κ1) is 17.1. The third kappa shape index (κ3) is 4.61. The quantitative estimate of drug-likeness (QED) is 0.901. The van der Waals surface area contributed by atoms with Crippen molar-refractivity contribution in [3.05, 3.63) is 29.8 Å². The highest BCUT2D eigenvalue weighted by molar-refractivity contribution is 5.84. The van der Waals surface area contributed by atoms with Gasteiger partial charge in [0.15, 0.2) is 0 Å². The number of halogens is 3. The second-order valence-corrected chi connectivity index (χ2v) is 5.24. The number of aryl methyl sites for hydroxylation is 1. The van der Waals surface area contributed by atoms with E-state index in [1.165, 1.54) is 23.1 Å². The summed E-state index contributed by atoms with van der Waals surface area (Å²) in [6.45, 7) is 0.358. The van der Waals surface area contributed by atoms with Gasteiger partial charge in [-0.25, -0.2) is 4.79 Å².